The number of aromatic nitrogens is 4. The summed E-state index contributed by atoms with van der Waals surface area (Å²) in [6.07, 6.45) is 0.854. The number of Topliss-reactive ketones (excluding diaryl/α,β-unsaturated/α-hetero) is 1. The fourth-order valence-corrected chi connectivity index (χ4v) is 2.09. The second-order valence-corrected chi connectivity index (χ2v) is 4.71. The van der Waals surface area contributed by atoms with Crippen molar-refractivity contribution in [3.05, 3.63) is 34.9 Å². The SMILES string of the molecule is CCCn1nnnc1NC(=O)c1cccc(C(C)=O)c1C. The fourth-order valence-electron chi connectivity index (χ4n) is 2.09. The maximum atomic E-state index is 12.3. The standard InChI is InChI=1S/C14H17N5O2/c1-4-8-19-14(16-17-18-19)15-13(21)12-7-5-6-11(9(12)2)10(3)20/h5-7H,4,8H2,1-3H3,(H,15,16,18,21). The Hall–Kier alpha value is -2.57. The molecule has 2 rings (SSSR count). The molecule has 0 atom stereocenters. The lowest BCUT2D eigenvalue weighted by Gasteiger charge is -2.09. The van der Waals surface area contributed by atoms with Crippen molar-refractivity contribution in [3.8, 4) is 0 Å². The van der Waals surface area contributed by atoms with E-state index in [0.29, 0.717) is 29.2 Å². The van der Waals surface area contributed by atoms with Gasteiger partial charge in [0.1, 0.15) is 0 Å². The smallest absolute Gasteiger partial charge is 0.258 e. The molecule has 2 aromatic rings. The number of anilines is 1. The zero-order valence-electron chi connectivity index (χ0n) is 12.3. The lowest BCUT2D eigenvalue weighted by atomic mass is 9.99. The number of carbonyl (C=O) groups excluding carboxylic acids is 2. The molecule has 110 valence electrons. The Morgan fingerprint density at radius 2 is 2.00 bits per heavy atom. The van der Waals surface area contributed by atoms with E-state index in [9.17, 15) is 9.59 Å². The topological polar surface area (TPSA) is 89.8 Å². The van der Waals surface area contributed by atoms with E-state index < -0.39 is 0 Å². The van der Waals surface area contributed by atoms with Gasteiger partial charge in [0.15, 0.2) is 5.78 Å². The summed E-state index contributed by atoms with van der Waals surface area (Å²) in [5, 5.41) is 13.8. The van der Waals surface area contributed by atoms with Crippen LogP contribution in [0.5, 0.6) is 0 Å². The van der Waals surface area contributed by atoms with Gasteiger partial charge in [-0.1, -0.05) is 24.2 Å². The number of benzene rings is 1. The van der Waals surface area contributed by atoms with E-state index in [1.54, 1.807) is 25.1 Å². The van der Waals surface area contributed by atoms with Crippen molar-refractivity contribution in [2.75, 3.05) is 5.32 Å². The number of hydrogen-bond acceptors (Lipinski definition) is 5. The van der Waals surface area contributed by atoms with E-state index in [-0.39, 0.29) is 11.7 Å². The summed E-state index contributed by atoms with van der Waals surface area (Å²) in [5.74, 6) is -0.102. The molecule has 1 N–H and O–H groups in total. The molecule has 0 aliphatic heterocycles. The van der Waals surface area contributed by atoms with Gasteiger partial charge in [0, 0.05) is 17.7 Å². The van der Waals surface area contributed by atoms with Gasteiger partial charge in [0.05, 0.1) is 0 Å². The molecule has 0 saturated carbocycles. The second kappa shape index (κ2) is 6.25. The summed E-state index contributed by atoms with van der Waals surface area (Å²) >= 11 is 0. The zero-order chi connectivity index (χ0) is 15.4. The zero-order valence-corrected chi connectivity index (χ0v) is 12.3. The maximum absolute atomic E-state index is 12.3. The van der Waals surface area contributed by atoms with Crippen LogP contribution in [0.2, 0.25) is 0 Å². The summed E-state index contributed by atoms with van der Waals surface area (Å²) in [6.45, 7) is 5.84. The highest BCUT2D eigenvalue weighted by atomic mass is 16.2. The first-order chi connectivity index (χ1) is 10.0. The Labute approximate surface area is 122 Å². The predicted octanol–water partition coefficient (Wildman–Crippen LogP) is 1.85. The van der Waals surface area contributed by atoms with Gasteiger partial charge in [-0.25, -0.2) is 4.68 Å². The highest BCUT2D eigenvalue weighted by Crippen LogP contribution is 2.16. The Morgan fingerprint density at radius 3 is 2.67 bits per heavy atom. The van der Waals surface area contributed by atoms with Gasteiger partial charge in [-0.2, -0.15) is 0 Å². The minimum absolute atomic E-state index is 0.0713. The first-order valence-electron chi connectivity index (χ1n) is 6.72. The molecule has 1 heterocycles. The van der Waals surface area contributed by atoms with Crippen LogP contribution in [0.4, 0.5) is 5.95 Å². The van der Waals surface area contributed by atoms with Crippen LogP contribution in [0.15, 0.2) is 18.2 Å². The molecular formula is C14H17N5O2. The number of tetrazole rings is 1. The van der Waals surface area contributed by atoms with Crippen LogP contribution in [0.1, 0.15) is 46.5 Å². The van der Waals surface area contributed by atoms with E-state index in [0.717, 1.165) is 6.42 Å². The molecule has 0 unspecified atom stereocenters. The first-order valence-corrected chi connectivity index (χ1v) is 6.72. The molecule has 0 spiro atoms. The molecule has 7 nitrogen and oxygen atoms in total. The number of hydrogen-bond donors (Lipinski definition) is 1. The third kappa shape index (κ3) is 3.13. The summed E-state index contributed by atoms with van der Waals surface area (Å²) in [7, 11) is 0. The molecule has 1 aromatic carbocycles. The number of nitrogens with zero attached hydrogens (tertiary/aromatic N) is 4. The second-order valence-electron chi connectivity index (χ2n) is 4.71. The van der Waals surface area contributed by atoms with Crippen molar-refractivity contribution in [2.24, 2.45) is 0 Å². The van der Waals surface area contributed by atoms with Crippen LogP contribution in [-0.2, 0) is 6.54 Å². The fraction of sp³-hybridized carbons (Fsp3) is 0.357. The summed E-state index contributed by atoms with van der Waals surface area (Å²) < 4.78 is 1.53. The molecule has 0 fully saturated rings. The predicted molar refractivity (Wildman–Crippen MR) is 77.2 cm³/mol. The van der Waals surface area contributed by atoms with Crippen molar-refractivity contribution < 1.29 is 9.59 Å². The monoisotopic (exact) mass is 287 g/mol. The van der Waals surface area contributed by atoms with E-state index in [1.165, 1.54) is 11.6 Å². The average Bonchev–Trinajstić information content (AvgIpc) is 2.86. The first kappa shape index (κ1) is 14.8. The minimum Gasteiger partial charge on any atom is -0.295 e. The molecule has 1 aromatic heterocycles. The van der Waals surface area contributed by atoms with Crippen molar-refractivity contribution >= 4 is 17.6 Å². The highest BCUT2D eigenvalue weighted by Gasteiger charge is 2.16. The van der Waals surface area contributed by atoms with E-state index in [2.05, 4.69) is 20.8 Å². The minimum atomic E-state index is -0.331. The third-order valence-corrected chi connectivity index (χ3v) is 3.15. The Kier molecular flexibility index (Phi) is 4.42. The number of carbonyl (C=O) groups is 2. The summed E-state index contributed by atoms with van der Waals surface area (Å²) in [4.78, 5) is 23.9. The number of aryl methyl sites for hydroxylation is 1. The molecule has 7 heteroatoms. The summed E-state index contributed by atoms with van der Waals surface area (Å²) in [6, 6.07) is 5.06. The maximum Gasteiger partial charge on any atom is 0.258 e. The van der Waals surface area contributed by atoms with Gasteiger partial charge in [0.2, 0.25) is 5.95 Å². The van der Waals surface area contributed by atoms with Gasteiger partial charge < -0.3 is 0 Å². The molecule has 1 amide bonds. The Morgan fingerprint density at radius 1 is 1.29 bits per heavy atom. The van der Waals surface area contributed by atoms with Crippen molar-refractivity contribution in [1.29, 1.82) is 0 Å². The molecule has 21 heavy (non-hydrogen) atoms. The van der Waals surface area contributed by atoms with Crippen molar-refractivity contribution in [3.63, 3.8) is 0 Å². The molecule has 0 aliphatic carbocycles. The average molecular weight is 287 g/mol. The molecule has 0 bridgehead atoms. The lowest BCUT2D eigenvalue weighted by molar-refractivity contribution is 0.101. The van der Waals surface area contributed by atoms with Gasteiger partial charge >= 0.3 is 0 Å². The number of ketones is 1. The van der Waals surface area contributed by atoms with Crippen molar-refractivity contribution in [2.45, 2.75) is 33.7 Å². The van der Waals surface area contributed by atoms with Crippen LogP contribution < -0.4 is 5.32 Å². The Bertz CT molecular complexity index is 678. The third-order valence-electron chi connectivity index (χ3n) is 3.15. The quantitative estimate of drug-likeness (QED) is 0.847. The van der Waals surface area contributed by atoms with Gasteiger partial charge in [0.25, 0.3) is 5.91 Å². The number of amides is 1. The molecule has 0 saturated heterocycles. The Balaban J connectivity index is 2.27. The molecule has 0 aliphatic rings. The molecular weight excluding hydrogens is 270 g/mol. The normalized spacial score (nSPS) is 10.4. The van der Waals surface area contributed by atoms with Crippen LogP contribution >= 0.6 is 0 Å². The summed E-state index contributed by atoms with van der Waals surface area (Å²) in [5.41, 5.74) is 1.63. The van der Waals surface area contributed by atoms with Gasteiger partial charge in [-0.15, -0.1) is 0 Å². The van der Waals surface area contributed by atoms with Gasteiger partial charge in [-0.05, 0) is 42.3 Å². The van der Waals surface area contributed by atoms with Gasteiger partial charge in [-0.3, -0.25) is 14.9 Å². The largest absolute Gasteiger partial charge is 0.295 e. The van der Waals surface area contributed by atoms with Crippen LogP contribution in [0.25, 0.3) is 0 Å². The lowest BCUT2D eigenvalue weighted by Crippen LogP contribution is -2.18. The highest BCUT2D eigenvalue weighted by molar-refractivity contribution is 6.07. The van der Waals surface area contributed by atoms with Crippen molar-refractivity contribution in [1.82, 2.24) is 20.2 Å². The molecule has 0 radical (unpaired) electrons. The van der Waals surface area contributed by atoms with Crippen LogP contribution in [0.3, 0.4) is 0 Å². The van der Waals surface area contributed by atoms with E-state index in [1.807, 2.05) is 6.92 Å². The van der Waals surface area contributed by atoms with E-state index in [4.69, 9.17) is 0 Å². The van der Waals surface area contributed by atoms with Crippen LogP contribution in [-0.4, -0.2) is 31.9 Å². The number of nitrogens with one attached hydrogen (secondary N) is 1. The van der Waals surface area contributed by atoms with E-state index >= 15 is 0 Å². The van der Waals surface area contributed by atoms with Crippen LogP contribution in [0, 0.1) is 6.92 Å². The number of rotatable bonds is 5.